The Hall–Kier alpha value is -0.190. The molecule has 1 aromatic carbocycles. The molecule has 0 radical (unpaired) electrons. The van der Waals surface area contributed by atoms with Crippen LogP contribution in [0.3, 0.4) is 0 Å². The van der Waals surface area contributed by atoms with Crippen LogP contribution in [0.4, 0.5) is 5.69 Å². The molecule has 1 aromatic rings. The maximum atomic E-state index is 9.10. The predicted octanol–water partition coefficient (Wildman–Crippen LogP) is 2.50. The van der Waals surface area contributed by atoms with Gasteiger partial charge in [0.15, 0.2) is 0 Å². The van der Waals surface area contributed by atoms with Crippen molar-refractivity contribution in [3.05, 3.63) is 22.7 Å². The van der Waals surface area contributed by atoms with E-state index >= 15 is 0 Å². The topological polar surface area (TPSA) is 46.2 Å². The molecular formula is C9H12BrNOS. The monoisotopic (exact) mass is 261 g/mol. The molecule has 72 valence electrons. The van der Waals surface area contributed by atoms with Gasteiger partial charge in [-0.2, -0.15) is 0 Å². The highest BCUT2D eigenvalue weighted by molar-refractivity contribution is 9.10. The molecule has 0 amide bonds. The van der Waals surface area contributed by atoms with Crippen molar-refractivity contribution in [2.75, 3.05) is 11.5 Å². The third-order valence-electron chi connectivity index (χ3n) is 1.44. The molecule has 1 atom stereocenters. The van der Waals surface area contributed by atoms with Crippen LogP contribution in [0, 0.1) is 0 Å². The van der Waals surface area contributed by atoms with Gasteiger partial charge in [-0.3, -0.25) is 0 Å². The predicted molar refractivity (Wildman–Crippen MR) is 61.0 cm³/mol. The normalized spacial score (nSPS) is 12.8. The lowest BCUT2D eigenvalue weighted by Crippen LogP contribution is -2.02. The quantitative estimate of drug-likeness (QED) is 0.650. The Kier molecular flexibility index (Phi) is 4.09. The number of aliphatic hydroxyl groups is 1. The highest BCUT2D eigenvalue weighted by Crippen LogP contribution is 2.29. The minimum atomic E-state index is -0.283. The molecule has 0 spiro atoms. The van der Waals surface area contributed by atoms with Crippen molar-refractivity contribution in [2.24, 2.45) is 0 Å². The molecule has 0 fully saturated rings. The van der Waals surface area contributed by atoms with Crippen molar-refractivity contribution in [3.8, 4) is 0 Å². The molecule has 0 saturated heterocycles. The molecule has 0 bridgehead atoms. The average molecular weight is 262 g/mol. The summed E-state index contributed by atoms with van der Waals surface area (Å²) in [7, 11) is 0. The van der Waals surface area contributed by atoms with Crippen molar-refractivity contribution < 1.29 is 5.11 Å². The van der Waals surface area contributed by atoms with E-state index in [1.807, 2.05) is 18.2 Å². The van der Waals surface area contributed by atoms with E-state index in [-0.39, 0.29) is 6.10 Å². The van der Waals surface area contributed by atoms with E-state index < -0.39 is 0 Å². The summed E-state index contributed by atoms with van der Waals surface area (Å²) in [5, 5.41) is 9.10. The van der Waals surface area contributed by atoms with Gasteiger partial charge in [-0.25, -0.2) is 0 Å². The first-order chi connectivity index (χ1) is 6.09. The van der Waals surface area contributed by atoms with Crippen molar-refractivity contribution in [2.45, 2.75) is 17.9 Å². The second-order valence-electron chi connectivity index (χ2n) is 2.85. The molecule has 0 aliphatic carbocycles. The van der Waals surface area contributed by atoms with Gasteiger partial charge < -0.3 is 10.8 Å². The summed E-state index contributed by atoms with van der Waals surface area (Å²) in [5.41, 5.74) is 6.34. The average Bonchev–Trinajstić information content (AvgIpc) is 2.02. The lowest BCUT2D eigenvalue weighted by molar-refractivity contribution is 0.220. The summed E-state index contributed by atoms with van der Waals surface area (Å²) in [6.45, 7) is 1.78. The Morgan fingerprint density at radius 1 is 1.62 bits per heavy atom. The van der Waals surface area contributed by atoms with E-state index in [2.05, 4.69) is 15.9 Å². The molecule has 0 aromatic heterocycles. The number of hydrogen-bond donors (Lipinski definition) is 2. The fraction of sp³-hybridized carbons (Fsp3) is 0.333. The summed E-state index contributed by atoms with van der Waals surface area (Å²) < 4.78 is 0.984. The number of thioether (sulfide) groups is 1. The van der Waals surface area contributed by atoms with Gasteiger partial charge in [-0.05, 0) is 41.1 Å². The van der Waals surface area contributed by atoms with E-state index in [9.17, 15) is 0 Å². The fourth-order valence-electron chi connectivity index (χ4n) is 0.845. The van der Waals surface area contributed by atoms with Gasteiger partial charge >= 0.3 is 0 Å². The van der Waals surface area contributed by atoms with Gasteiger partial charge in [0.25, 0.3) is 0 Å². The van der Waals surface area contributed by atoms with Crippen LogP contribution in [0.5, 0.6) is 0 Å². The fourth-order valence-corrected chi connectivity index (χ4v) is 2.37. The van der Waals surface area contributed by atoms with E-state index in [4.69, 9.17) is 10.8 Å². The summed E-state index contributed by atoms with van der Waals surface area (Å²) in [6, 6.07) is 5.67. The molecule has 0 aliphatic rings. The molecular weight excluding hydrogens is 250 g/mol. The second-order valence-corrected chi connectivity index (χ2v) is 4.77. The summed E-state index contributed by atoms with van der Waals surface area (Å²) in [4.78, 5) is 1.11. The first-order valence-electron chi connectivity index (χ1n) is 3.95. The van der Waals surface area contributed by atoms with Gasteiger partial charge in [-0.15, -0.1) is 11.8 Å². The number of anilines is 1. The van der Waals surface area contributed by atoms with Crippen LogP contribution in [0.2, 0.25) is 0 Å². The summed E-state index contributed by atoms with van der Waals surface area (Å²) >= 11 is 5.03. The maximum Gasteiger partial charge on any atom is 0.0606 e. The van der Waals surface area contributed by atoms with Gasteiger partial charge in [0.2, 0.25) is 0 Å². The van der Waals surface area contributed by atoms with Gasteiger partial charge in [0.05, 0.1) is 6.10 Å². The molecule has 1 rings (SSSR count). The van der Waals surface area contributed by atoms with Crippen LogP contribution in [0.15, 0.2) is 27.6 Å². The number of nitrogen functional groups attached to an aromatic ring is 1. The minimum Gasteiger partial charge on any atom is -0.399 e. The van der Waals surface area contributed by atoms with Crippen molar-refractivity contribution in [1.29, 1.82) is 0 Å². The Morgan fingerprint density at radius 3 is 2.85 bits per heavy atom. The number of rotatable bonds is 3. The summed E-state index contributed by atoms with van der Waals surface area (Å²) in [5.74, 6) is 0.697. The van der Waals surface area contributed by atoms with E-state index in [0.29, 0.717) is 5.75 Å². The largest absolute Gasteiger partial charge is 0.399 e. The van der Waals surface area contributed by atoms with Gasteiger partial charge in [-0.1, -0.05) is 0 Å². The Balaban J connectivity index is 2.67. The van der Waals surface area contributed by atoms with Gasteiger partial charge in [0.1, 0.15) is 0 Å². The molecule has 0 heterocycles. The van der Waals surface area contributed by atoms with Gasteiger partial charge in [0, 0.05) is 20.8 Å². The molecule has 0 aliphatic heterocycles. The Bertz CT molecular complexity index is 291. The number of benzene rings is 1. The maximum absolute atomic E-state index is 9.10. The third-order valence-corrected chi connectivity index (χ3v) is 3.67. The minimum absolute atomic E-state index is 0.283. The van der Waals surface area contributed by atoms with Crippen LogP contribution in [-0.4, -0.2) is 17.0 Å². The molecule has 1 unspecified atom stereocenters. The molecule has 13 heavy (non-hydrogen) atoms. The summed E-state index contributed by atoms with van der Waals surface area (Å²) in [6.07, 6.45) is -0.283. The first kappa shape index (κ1) is 10.9. The van der Waals surface area contributed by atoms with Crippen molar-refractivity contribution >= 4 is 33.4 Å². The SMILES string of the molecule is CC(O)CSc1ccc(N)cc1Br. The van der Waals surface area contributed by atoms with Crippen LogP contribution < -0.4 is 5.73 Å². The lowest BCUT2D eigenvalue weighted by atomic mass is 10.3. The second kappa shape index (κ2) is 4.88. The number of halogens is 1. The van der Waals surface area contributed by atoms with Crippen molar-refractivity contribution in [3.63, 3.8) is 0 Å². The molecule has 4 heteroatoms. The van der Waals surface area contributed by atoms with E-state index in [1.165, 1.54) is 0 Å². The highest BCUT2D eigenvalue weighted by atomic mass is 79.9. The van der Waals surface area contributed by atoms with E-state index in [0.717, 1.165) is 15.1 Å². The zero-order chi connectivity index (χ0) is 9.84. The zero-order valence-electron chi connectivity index (χ0n) is 7.33. The van der Waals surface area contributed by atoms with Crippen molar-refractivity contribution in [1.82, 2.24) is 0 Å². The third kappa shape index (κ3) is 3.58. The first-order valence-corrected chi connectivity index (χ1v) is 5.73. The molecule has 2 nitrogen and oxygen atoms in total. The van der Waals surface area contributed by atoms with Crippen LogP contribution in [-0.2, 0) is 0 Å². The standard InChI is InChI=1S/C9H12BrNOS/c1-6(12)5-13-9-3-2-7(11)4-8(9)10/h2-4,6,12H,5,11H2,1H3. The highest BCUT2D eigenvalue weighted by Gasteiger charge is 2.02. The smallest absolute Gasteiger partial charge is 0.0606 e. The Morgan fingerprint density at radius 2 is 2.31 bits per heavy atom. The number of nitrogens with two attached hydrogens (primary N) is 1. The molecule has 0 saturated carbocycles. The molecule has 3 N–H and O–H groups in total. The zero-order valence-corrected chi connectivity index (χ0v) is 9.73. The van der Waals surface area contributed by atoms with Crippen LogP contribution in [0.25, 0.3) is 0 Å². The number of hydrogen-bond acceptors (Lipinski definition) is 3. The number of aliphatic hydroxyl groups excluding tert-OH is 1. The Labute approximate surface area is 90.7 Å². The van der Waals surface area contributed by atoms with E-state index in [1.54, 1.807) is 18.7 Å². The van der Waals surface area contributed by atoms with Crippen LogP contribution in [0.1, 0.15) is 6.92 Å². The lowest BCUT2D eigenvalue weighted by Gasteiger charge is -2.06. The van der Waals surface area contributed by atoms with Crippen LogP contribution >= 0.6 is 27.7 Å².